The van der Waals surface area contributed by atoms with E-state index in [9.17, 15) is 0 Å². The molecule has 0 atom stereocenters. The number of hydrogen-bond donors (Lipinski definition) is 2. The smallest absolute Gasteiger partial charge is 0.0205 e. The lowest BCUT2D eigenvalue weighted by molar-refractivity contribution is 0.356. The molecule has 0 spiro atoms. The molecule has 4 heteroatoms. The van der Waals surface area contributed by atoms with Crippen LogP contribution < -0.4 is 10.6 Å². The average Bonchev–Trinajstić information content (AvgIpc) is 2.40. The summed E-state index contributed by atoms with van der Waals surface area (Å²) in [7, 11) is 0. The largest absolute Gasteiger partial charge is 0.317 e. The van der Waals surface area contributed by atoms with Crippen LogP contribution in [0.15, 0.2) is 24.3 Å². The molecule has 1 aliphatic rings. The third kappa shape index (κ3) is 6.45. The van der Waals surface area contributed by atoms with Gasteiger partial charge in [-0.2, -0.15) is 0 Å². The van der Waals surface area contributed by atoms with Crippen molar-refractivity contribution < 1.29 is 0 Å². The Labute approximate surface area is 135 Å². The predicted octanol–water partition coefficient (Wildman–Crippen LogP) is 3.74. The van der Waals surface area contributed by atoms with Gasteiger partial charge in [-0.15, -0.1) is 24.8 Å². The van der Waals surface area contributed by atoms with Gasteiger partial charge < -0.3 is 10.6 Å². The lowest BCUT2D eigenvalue weighted by Crippen LogP contribution is -2.33. The topological polar surface area (TPSA) is 24.1 Å². The van der Waals surface area contributed by atoms with E-state index in [-0.39, 0.29) is 24.8 Å². The van der Waals surface area contributed by atoms with Gasteiger partial charge in [-0.05, 0) is 55.4 Å². The summed E-state index contributed by atoms with van der Waals surface area (Å²) >= 11 is 0. The van der Waals surface area contributed by atoms with E-state index in [1.165, 1.54) is 37.1 Å². The van der Waals surface area contributed by atoms with Crippen molar-refractivity contribution in [3.8, 4) is 0 Å². The highest BCUT2D eigenvalue weighted by molar-refractivity contribution is 5.85. The maximum atomic E-state index is 3.59. The summed E-state index contributed by atoms with van der Waals surface area (Å²) < 4.78 is 0. The van der Waals surface area contributed by atoms with Gasteiger partial charge in [0.1, 0.15) is 0 Å². The van der Waals surface area contributed by atoms with Gasteiger partial charge in [0, 0.05) is 6.54 Å². The summed E-state index contributed by atoms with van der Waals surface area (Å²) in [5.41, 5.74) is 2.82. The van der Waals surface area contributed by atoms with Crippen molar-refractivity contribution in [3.63, 3.8) is 0 Å². The number of benzene rings is 1. The van der Waals surface area contributed by atoms with Gasteiger partial charge in [0.05, 0.1) is 0 Å². The molecule has 1 fully saturated rings. The molecule has 2 N–H and O–H groups in total. The SMILES string of the molecule is CC(C)c1ccc(CNCC2CCNCC2)cc1.Cl.Cl. The molecule has 1 aromatic rings. The summed E-state index contributed by atoms with van der Waals surface area (Å²) in [5.74, 6) is 1.49. The third-order valence-corrected chi connectivity index (χ3v) is 3.87. The first-order valence-corrected chi connectivity index (χ1v) is 7.26. The van der Waals surface area contributed by atoms with E-state index in [0.717, 1.165) is 19.0 Å². The van der Waals surface area contributed by atoms with Gasteiger partial charge in [0.2, 0.25) is 0 Å². The Bertz CT molecular complexity index is 346. The summed E-state index contributed by atoms with van der Waals surface area (Å²) in [5, 5.41) is 7.00. The second-order valence-electron chi connectivity index (χ2n) is 5.72. The van der Waals surface area contributed by atoms with Crippen LogP contribution >= 0.6 is 24.8 Å². The molecule has 116 valence electrons. The minimum absolute atomic E-state index is 0. The molecule has 0 aromatic heterocycles. The van der Waals surface area contributed by atoms with Crippen LogP contribution in [-0.4, -0.2) is 19.6 Å². The molecule has 2 nitrogen and oxygen atoms in total. The molecular formula is C16H28Cl2N2. The van der Waals surface area contributed by atoms with Gasteiger partial charge in [-0.25, -0.2) is 0 Å². The normalized spacial score (nSPS) is 15.6. The van der Waals surface area contributed by atoms with E-state index in [0.29, 0.717) is 5.92 Å². The first-order valence-electron chi connectivity index (χ1n) is 7.26. The Hall–Kier alpha value is -0.280. The quantitative estimate of drug-likeness (QED) is 0.864. The molecule has 1 aromatic carbocycles. The molecule has 0 aliphatic carbocycles. The number of piperidine rings is 1. The highest BCUT2D eigenvalue weighted by atomic mass is 35.5. The van der Waals surface area contributed by atoms with Crippen molar-refractivity contribution in [2.45, 2.75) is 39.2 Å². The van der Waals surface area contributed by atoms with Crippen LogP contribution in [0.4, 0.5) is 0 Å². The molecule has 0 unspecified atom stereocenters. The standard InChI is InChI=1S/C16H26N2.2ClH/c1-13(2)16-5-3-14(4-6-16)11-18-12-15-7-9-17-10-8-15;;/h3-6,13,15,17-18H,7-12H2,1-2H3;2*1H. The first kappa shape index (κ1) is 19.7. The first-order chi connectivity index (χ1) is 8.75. The van der Waals surface area contributed by atoms with Crippen molar-refractivity contribution in [3.05, 3.63) is 35.4 Å². The fraction of sp³-hybridized carbons (Fsp3) is 0.625. The van der Waals surface area contributed by atoms with Crippen molar-refractivity contribution in [2.75, 3.05) is 19.6 Å². The maximum absolute atomic E-state index is 3.59. The summed E-state index contributed by atoms with van der Waals surface area (Å²) in [6, 6.07) is 9.02. The van der Waals surface area contributed by atoms with E-state index in [4.69, 9.17) is 0 Å². The molecule has 0 bridgehead atoms. The van der Waals surface area contributed by atoms with Crippen LogP contribution in [0.5, 0.6) is 0 Å². The lowest BCUT2D eigenvalue weighted by atomic mass is 9.98. The zero-order valence-corrected chi connectivity index (χ0v) is 14.2. The molecule has 1 aliphatic heterocycles. The molecule has 1 heterocycles. The van der Waals surface area contributed by atoms with Crippen LogP contribution in [0.1, 0.15) is 43.7 Å². The highest BCUT2D eigenvalue weighted by Crippen LogP contribution is 2.15. The zero-order chi connectivity index (χ0) is 12.8. The van der Waals surface area contributed by atoms with Crippen LogP contribution in [0.2, 0.25) is 0 Å². The molecule has 20 heavy (non-hydrogen) atoms. The average molecular weight is 319 g/mol. The molecule has 2 rings (SSSR count). The Morgan fingerprint density at radius 3 is 2.25 bits per heavy atom. The minimum atomic E-state index is 0. The molecule has 1 saturated heterocycles. The van der Waals surface area contributed by atoms with E-state index in [1.54, 1.807) is 0 Å². The Morgan fingerprint density at radius 2 is 1.70 bits per heavy atom. The Balaban J connectivity index is 0.00000180. The van der Waals surface area contributed by atoms with Crippen LogP contribution in [0.25, 0.3) is 0 Å². The molecule has 0 amide bonds. The number of nitrogens with one attached hydrogen (secondary N) is 2. The second-order valence-corrected chi connectivity index (χ2v) is 5.72. The van der Waals surface area contributed by atoms with Gasteiger partial charge >= 0.3 is 0 Å². The summed E-state index contributed by atoms with van der Waals surface area (Å²) in [6.07, 6.45) is 2.64. The van der Waals surface area contributed by atoms with Gasteiger partial charge in [-0.3, -0.25) is 0 Å². The summed E-state index contributed by atoms with van der Waals surface area (Å²) in [6.45, 7) is 9.02. The van der Waals surface area contributed by atoms with Gasteiger partial charge in [0.15, 0.2) is 0 Å². The maximum Gasteiger partial charge on any atom is 0.0205 e. The van der Waals surface area contributed by atoms with E-state index in [2.05, 4.69) is 48.7 Å². The number of rotatable bonds is 5. The van der Waals surface area contributed by atoms with Crippen LogP contribution in [-0.2, 0) is 6.54 Å². The zero-order valence-electron chi connectivity index (χ0n) is 12.5. The minimum Gasteiger partial charge on any atom is -0.317 e. The monoisotopic (exact) mass is 318 g/mol. The Kier molecular flexibility index (Phi) is 10.3. The molecule has 0 radical (unpaired) electrons. The fourth-order valence-corrected chi connectivity index (χ4v) is 2.53. The highest BCUT2D eigenvalue weighted by Gasteiger charge is 2.11. The van der Waals surface area contributed by atoms with E-state index < -0.39 is 0 Å². The Morgan fingerprint density at radius 1 is 1.10 bits per heavy atom. The second kappa shape index (κ2) is 10.4. The summed E-state index contributed by atoms with van der Waals surface area (Å²) in [4.78, 5) is 0. The van der Waals surface area contributed by atoms with Crippen molar-refractivity contribution in [1.82, 2.24) is 10.6 Å². The van der Waals surface area contributed by atoms with Crippen molar-refractivity contribution >= 4 is 24.8 Å². The van der Waals surface area contributed by atoms with Crippen LogP contribution in [0, 0.1) is 5.92 Å². The molecule has 0 saturated carbocycles. The van der Waals surface area contributed by atoms with Gasteiger partial charge in [0.25, 0.3) is 0 Å². The van der Waals surface area contributed by atoms with Gasteiger partial charge in [-0.1, -0.05) is 38.1 Å². The van der Waals surface area contributed by atoms with E-state index >= 15 is 0 Å². The predicted molar refractivity (Wildman–Crippen MR) is 92.3 cm³/mol. The number of hydrogen-bond acceptors (Lipinski definition) is 2. The van der Waals surface area contributed by atoms with Crippen molar-refractivity contribution in [2.24, 2.45) is 5.92 Å². The molecular weight excluding hydrogens is 291 g/mol. The lowest BCUT2D eigenvalue weighted by Gasteiger charge is -2.22. The van der Waals surface area contributed by atoms with Crippen molar-refractivity contribution in [1.29, 1.82) is 0 Å². The fourth-order valence-electron chi connectivity index (χ4n) is 2.53. The number of halogens is 2. The van der Waals surface area contributed by atoms with Crippen LogP contribution in [0.3, 0.4) is 0 Å². The third-order valence-electron chi connectivity index (χ3n) is 3.87. The van der Waals surface area contributed by atoms with E-state index in [1.807, 2.05) is 0 Å².